The first-order valence-corrected chi connectivity index (χ1v) is 7.51. The Morgan fingerprint density at radius 3 is 2.57 bits per heavy atom. The van der Waals surface area contributed by atoms with E-state index >= 15 is 0 Å². The maximum atomic E-state index is 8.72. The van der Waals surface area contributed by atoms with Gasteiger partial charge < -0.3 is 0 Å². The van der Waals surface area contributed by atoms with E-state index in [0.29, 0.717) is 16.0 Å². The maximum Gasteiger partial charge on any atom is 0.0634 e. The van der Waals surface area contributed by atoms with E-state index in [1.54, 1.807) is 0 Å². The second-order valence-corrected chi connectivity index (χ2v) is 6.05. The summed E-state index contributed by atoms with van der Waals surface area (Å²) < 4.78 is 0. The van der Waals surface area contributed by atoms with E-state index in [9.17, 15) is 0 Å². The van der Waals surface area contributed by atoms with Gasteiger partial charge in [0.05, 0.1) is 16.1 Å². The van der Waals surface area contributed by atoms with Crippen LogP contribution >= 0.6 is 23.2 Å². The number of benzene rings is 2. The molecular formula is C16H13Cl2N3. The van der Waals surface area contributed by atoms with Crippen LogP contribution in [-0.2, 0) is 6.42 Å². The summed E-state index contributed by atoms with van der Waals surface area (Å²) >= 11 is 12.0. The third-order valence-electron chi connectivity index (χ3n) is 3.96. The molecule has 21 heavy (non-hydrogen) atoms. The van der Waals surface area contributed by atoms with Gasteiger partial charge in [-0.2, -0.15) is 0 Å². The van der Waals surface area contributed by atoms with Gasteiger partial charge in [0.15, 0.2) is 0 Å². The number of azide groups is 1. The topological polar surface area (TPSA) is 48.8 Å². The molecule has 3 rings (SSSR count). The highest BCUT2D eigenvalue weighted by Gasteiger charge is 2.29. The fraction of sp³-hybridized carbons (Fsp3) is 0.250. The lowest BCUT2D eigenvalue weighted by atomic mass is 9.94. The van der Waals surface area contributed by atoms with Crippen LogP contribution in [0.5, 0.6) is 0 Å². The molecule has 0 aliphatic heterocycles. The Morgan fingerprint density at radius 1 is 1.10 bits per heavy atom. The molecule has 2 unspecified atom stereocenters. The second-order valence-electron chi connectivity index (χ2n) is 5.23. The minimum Gasteiger partial charge on any atom is -0.0859 e. The Labute approximate surface area is 133 Å². The summed E-state index contributed by atoms with van der Waals surface area (Å²) in [6.45, 7) is 0. The normalized spacial score (nSPS) is 19.9. The molecule has 5 heteroatoms. The average Bonchev–Trinajstić information content (AvgIpc) is 2.82. The number of fused-ring (bicyclic) bond motifs is 1. The summed E-state index contributed by atoms with van der Waals surface area (Å²) in [5.74, 6) is 0.342. The summed E-state index contributed by atoms with van der Waals surface area (Å²) in [6, 6.07) is 13.8. The van der Waals surface area contributed by atoms with Gasteiger partial charge in [0.25, 0.3) is 0 Å². The monoisotopic (exact) mass is 317 g/mol. The molecule has 0 saturated carbocycles. The van der Waals surface area contributed by atoms with E-state index in [0.717, 1.165) is 24.0 Å². The molecule has 0 spiro atoms. The lowest BCUT2D eigenvalue weighted by molar-refractivity contribution is 0.598. The van der Waals surface area contributed by atoms with Gasteiger partial charge in [-0.1, -0.05) is 58.6 Å². The molecular weight excluding hydrogens is 305 g/mol. The summed E-state index contributed by atoms with van der Waals surface area (Å²) in [6.07, 6.45) is 1.70. The molecule has 2 atom stereocenters. The van der Waals surface area contributed by atoms with Crippen molar-refractivity contribution in [3.05, 3.63) is 79.6 Å². The Morgan fingerprint density at radius 2 is 1.86 bits per heavy atom. The lowest BCUT2D eigenvalue weighted by Crippen LogP contribution is -1.99. The van der Waals surface area contributed by atoms with Crippen LogP contribution in [0.4, 0.5) is 0 Å². The van der Waals surface area contributed by atoms with Gasteiger partial charge in [-0.05, 0) is 53.1 Å². The van der Waals surface area contributed by atoms with Crippen LogP contribution in [0.25, 0.3) is 10.4 Å². The smallest absolute Gasteiger partial charge is 0.0634 e. The molecule has 0 bridgehead atoms. The van der Waals surface area contributed by atoms with Crippen LogP contribution in [0.1, 0.15) is 35.1 Å². The zero-order chi connectivity index (χ0) is 14.8. The Bertz CT molecular complexity index is 723. The molecule has 1 aliphatic carbocycles. The quantitative estimate of drug-likeness (QED) is 0.374. The standard InChI is InChI=1S/C16H13Cl2N3/c17-14-6-5-10(8-15(14)18)7-11-9-16(20-21-19)13-4-2-1-3-12(11)13/h1-6,8,11,16H,7,9H2. The predicted octanol–water partition coefficient (Wildman–Crippen LogP) is 6.07. The van der Waals surface area contributed by atoms with Gasteiger partial charge in [-0.15, -0.1) is 0 Å². The largest absolute Gasteiger partial charge is 0.0859 e. The summed E-state index contributed by atoms with van der Waals surface area (Å²) in [7, 11) is 0. The molecule has 0 N–H and O–H groups in total. The van der Waals surface area contributed by atoms with Crippen LogP contribution in [-0.4, -0.2) is 0 Å². The summed E-state index contributed by atoms with van der Waals surface area (Å²) in [5, 5.41) is 5.07. The van der Waals surface area contributed by atoms with Crippen molar-refractivity contribution < 1.29 is 0 Å². The van der Waals surface area contributed by atoms with Crippen molar-refractivity contribution in [2.24, 2.45) is 5.11 Å². The highest BCUT2D eigenvalue weighted by atomic mass is 35.5. The van der Waals surface area contributed by atoms with Gasteiger partial charge >= 0.3 is 0 Å². The van der Waals surface area contributed by atoms with Gasteiger partial charge in [-0.25, -0.2) is 0 Å². The van der Waals surface area contributed by atoms with E-state index in [2.05, 4.69) is 16.1 Å². The minimum atomic E-state index is -0.0704. The average molecular weight is 318 g/mol. The van der Waals surface area contributed by atoms with Crippen molar-refractivity contribution in [1.82, 2.24) is 0 Å². The van der Waals surface area contributed by atoms with Crippen molar-refractivity contribution >= 4 is 23.2 Å². The van der Waals surface area contributed by atoms with Crippen molar-refractivity contribution in [3.63, 3.8) is 0 Å². The second kappa shape index (κ2) is 5.98. The highest BCUT2D eigenvalue weighted by Crippen LogP contribution is 2.44. The fourth-order valence-electron chi connectivity index (χ4n) is 3.03. The molecule has 0 saturated heterocycles. The molecule has 106 valence electrons. The van der Waals surface area contributed by atoms with Crippen molar-refractivity contribution in [2.45, 2.75) is 24.8 Å². The van der Waals surface area contributed by atoms with E-state index in [-0.39, 0.29) is 6.04 Å². The predicted molar refractivity (Wildman–Crippen MR) is 85.9 cm³/mol. The molecule has 0 aromatic heterocycles. The number of halogens is 2. The third kappa shape index (κ3) is 2.86. The molecule has 2 aromatic rings. The Balaban J connectivity index is 1.90. The first-order chi connectivity index (χ1) is 10.2. The van der Waals surface area contributed by atoms with Crippen molar-refractivity contribution in [3.8, 4) is 0 Å². The number of nitrogens with zero attached hydrogens (tertiary/aromatic N) is 3. The molecule has 1 aliphatic rings. The van der Waals surface area contributed by atoms with Crippen LogP contribution in [0.2, 0.25) is 10.0 Å². The van der Waals surface area contributed by atoms with E-state index in [1.165, 1.54) is 5.56 Å². The number of rotatable bonds is 3. The first kappa shape index (κ1) is 14.3. The van der Waals surface area contributed by atoms with Gasteiger partial charge in [0, 0.05) is 4.91 Å². The van der Waals surface area contributed by atoms with Gasteiger partial charge in [-0.3, -0.25) is 0 Å². The zero-order valence-corrected chi connectivity index (χ0v) is 12.7. The third-order valence-corrected chi connectivity index (χ3v) is 4.70. The van der Waals surface area contributed by atoms with Gasteiger partial charge in [0.2, 0.25) is 0 Å². The molecule has 0 fully saturated rings. The lowest BCUT2D eigenvalue weighted by Gasteiger charge is -2.12. The molecule has 2 aromatic carbocycles. The molecule has 0 amide bonds. The highest BCUT2D eigenvalue weighted by molar-refractivity contribution is 6.42. The SMILES string of the molecule is [N-]=[N+]=NC1CC(Cc2ccc(Cl)c(Cl)c2)c2ccccc21. The Hall–Kier alpha value is -1.67. The molecule has 0 heterocycles. The van der Waals surface area contributed by atoms with Crippen molar-refractivity contribution in [1.29, 1.82) is 0 Å². The molecule has 0 radical (unpaired) electrons. The van der Waals surface area contributed by atoms with E-state index < -0.39 is 0 Å². The first-order valence-electron chi connectivity index (χ1n) is 6.76. The summed E-state index contributed by atoms with van der Waals surface area (Å²) in [5.41, 5.74) is 12.3. The number of hydrogen-bond acceptors (Lipinski definition) is 1. The van der Waals surface area contributed by atoms with Crippen LogP contribution in [0, 0.1) is 0 Å². The van der Waals surface area contributed by atoms with Crippen LogP contribution in [0.3, 0.4) is 0 Å². The summed E-state index contributed by atoms with van der Waals surface area (Å²) in [4.78, 5) is 2.97. The van der Waals surface area contributed by atoms with Gasteiger partial charge in [0.1, 0.15) is 0 Å². The van der Waals surface area contributed by atoms with E-state index in [4.69, 9.17) is 28.7 Å². The molecule has 3 nitrogen and oxygen atoms in total. The number of hydrogen-bond donors (Lipinski definition) is 0. The maximum absolute atomic E-state index is 8.72. The van der Waals surface area contributed by atoms with Crippen LogP contribution in [0.15, 0.2) is 47.6 Å². The minimum absolute atomic E-state index is 0.0704. The van der Waals surface area contributed by atoms with Crippen LogP contribution < -0.4 is 0 Å². The van der Waals surface area contributed by atoms with Crippen molar-refractivity contribution in [2.75, 3.05) is 0 Å². The zero-order valence-electron chi connectivity index (χ0n) is 11.2. The fourth-order valence-corrected chi connectivity index (χ4v) is 3.35. The van der Waals surface area contributed by atoms with E-state index in [1.807, 2.05) is 36.4 Å². The Kier molecular flexibility index (Phi) is 4.07.